The van der Waals surface area contributed by atoms with Crippen LogP contribution in [0, 0.1) is 11.3 Å². The van der Waals surface area contributed by atoms with Crippen molar-refractivity contribution in [1.29, 1.82) is 5.26 Å². The molecule has 0 unspecified atom stereocenters. The zero-order valence-electron chi connectivity index (χ0n) is 17.9. The molecule has 1 amide bonds. The smallest absolute Gasteiger partial charge is 0.257 e. The van der Waals surface area contributed by atoms with E-state index in [-0.39, 0.29) is 5.91 Å². The number of hydrogen-bond acceptors (Lipinski definition) is 6. The van der Waals surface area contributed by atoms with Gasteiger partial charge < -0.3 is 19.5 Å². The predicted molar refractivity (Wildman–Crippen MR) is 121 cm³/mol. The summed E-state index contributed by atoms with van der Waals surface area (Å²) in [6, 6.07) is 15.0. The predicted octanol–water partition coefficient (Wildman–Crippen LogP) is 4.22. The quantitative estimate of drug-likeness (QED) is 0.592. The molecular formula is C25H21N3O4. The Balaban J connectivity index is 1.71. The maximum atomic E-state index is 12.6. The van der Waals surface area contributed by atoms with E-state index in [9.17, 15) is 4.79 Å². The lowest BCUT2D eigenvalue weighted by atomic mass is 10.00. The average Bonchev–Trinajstić information content (AvgIpc) is 3.15. The minimum atomic E-state index is -0.191. The second-order valence-corrected chi connectivity index (χ2v) is 7.12. The van der Waals surface area contributed by atoms with Crippen molar-refractivity contribution in [2.45, 2.75) is 6.42 Å². The molecule has 0 spiro atoms. The largest absolute Gasteiger partial charge is 0.493 e. The van der Waals surface area contributed by atoms with Crippen molar-refractivity contribution in [2.75, 3.05) is 26.6 Å². The van der Waals surface area contributed by atoms with Crippen molar-refractivity contribution in [3.63, 3.8) is 0 Å². The number of pyridine rings is 1. The monoisotopic (exact) mass is 427 g/mol. The number of nitriles is 1. The van der Waals surface area contributed by atoms with Crippen LogP contribution in [0.4, 0.5) is 5.82 Å². The van der Waals surface area contributed by atoms with Gasteiger partial charge in [0.1, 0.15) is 5.82 Å². The molecule has 32 heavy (non-hydrogen) atoms. The van der Waals surface area contributed by atoms with Crippen molar-refractivity contribution in [1.82, 2.24) is 4.98 Å². The van der Waals surface area contributed by atoms with E-state index < -0.39 is 0 Å². The number of ether oxygens (including phenoxy) is 3. The van der Waals surface area contributed by atoms with Gasteiger partial charge in [-0.2, -0.15) is 5.26 Å². The Kier molecular flexibility index (Phi) is 5.77. The lowest BCUT2D eigenvalue weighted by molar-refractivity contribution is -0.110. The molecule has 1 aliphatic rings. The number of allylic oxidation sites excluding steroid dienone is 1. The third kappa shape index (κ3) is 3.86. The summed E-state index contributed by atoms with van der Waals surface area (Å²) in [4.78, 5) is 17.0. The van der Waals surface area contributed by atoms with Crippen molar-refractivity contribution < 1.29 is 19.0 Å². The Morgan fingerprint density at radius 1 is 1.00 bits per heavy atom. The molecule has 0 atom stereocenters. The molecule has 7 heteroatoms. The van der Waals surface area contributed by atoms with Crippen LogP contribution in [0.5, 0.6) is 17.2 Å². The summed E-state index contributed by atoms with van der Waals surface area (Å²) in [6.45, 7) is 0. The van der Waals surface area contributed by atoms with E-state index in [1.165, 1.54) is 0 Å². The van der Waals surface area contributed by atoms with E-state index in [4.69, 9.17) is 19.5 Å². The molecule has 7 nitrogen and oxygen atoms in total. The van der Waals surface area contributed by atoms with E-state index in [0.29, 0.717) is 40.6 Å². The fourth-order valence-corrected chi connectivity index (χ4v) is 3.61. The zero-order chi connectivity index (χ0) is 22.7. The number of benzene rings is 2. The van der Waals surface area contributed by atoms with Crippen LogP contribution in [0.3, 0.4) is 0 Å². The molecule has 0 aliphatic carbocycles. The molecule has 1 aliphatic heterocycles. The number of amides is 1. The maximum absolute atomic E-state index is 12.6. The molecule has 2 heterocycles. The molecular weight excluding hydrogens is 406 g/mol. The summed E-state index contributed by atoms with van der Waals surface area (Å²) in [5.74, 6) is 1.91. The minimum absolute atomic E-state index is 0.191. The molecule has 1 N–H and O–H groups in total. The standard InChI is InChI=1S/C25H21N3O4/c1-30-21-11-17(12-22(31-2)23(21)32-3)18-10-20-19(25(29)28-24(20)27-14-18)9-8-15-4-6-16(13-26)7-5-15/h4-7,9-12,14H,8H2,1-3H3,(H,27,28,29). The number of aromatic nitrogens is 1. The van der Waals surface area contributed by atoms with Gasteiger partial charge in [0, 0.05) is 22.9 Å². The number of hydrogen-bond donors (Lipinski definition) is 1. The second kappa shape index (κ2) is 8.82. The fourth-order valence-electron chi connectivity index (χ4n) is 3.61. The van der Waals surface area contributed by atoms with Crippen molar-refractivity contribution in [3.8, 4) is 34.4 Å². The van der Waals surface area contributed by atoms with E-state index in [0.717, 1.165) is 22.3 Å². The fraction of sp³-hybridized carbons (Fsp3) is 0.160. The molecule has 0 saturated carbocycles. The Hall–Kier alpha value is -4.31. The molecule has 3 aromatic rings. The Bertz CT molecular complexity index is 1230. The van der Waals surface area contributed by atoms with Crippen LogP contribution in [0.2, 0.25) is 0 Å². The van der Waals surface area contributed by atoms with E-state index >= 15 is 0 Å². The number of nitrogens with zero attached hydrogens (tertiary/aromatic N) is 2. The lowest BCUT2D eigenvalue weighted by Crippen LogP contribution is -2.04. The minimum Gasteiger partial charge on any atom is -0.493 e. The first-order chi connectivity index (χ1) is 15.6. The van der Waals surface area contributed by atoms with Gasteiger partial charge in [-0.25, -0.2) is 4.98 Å². The summed E-state index contributed by atoms with van der Waals surface area (Å²) in [5.41, 5.74) is 4.53. The first-order valence-electron chi connectivity index (χ1n) is 9.89. The summed E-state index contributed by atoms with van der Waals surface area (Å²) >= 11 is 0. The van der Waals surface area contributed by atoms with Crippen molar-refractivity contribution in [3.05, 3.63) is 71.4 Å². The molecule has 0 radical (unpaired) electrons. The molecule has 0 saturated heterocycles. The highest BCUT2D eigenvalue weighted by Crippen LogP contribution is 2.42. The van der Waals surface area contributed by atoms with Crippen LogP contribution in [0.25, 0.3) is 16.7 Å². The third-order valence-corrected chi connectivity index (χ3v) is 5.28. The molecule has 1 aromatic heterocycles. The van der Waals surface area contributed by atoms with Gasteiger partial charge in [0.2, 0.25) is 5.75 Å². The number of fused-ring (bicyclic) bond motifs is 1. The number of rotatable bonds is 6. The number of anilines is 1. The summed E-state index contributed by atoms with van der Waals surface area (Å²) in [7, 11) is 4.68. The SMILES string of the molecule is COc1cc(-c2cnc3c(c2)C(=CCc2ccc(C#N)cc2)C(=O)N3)cc(OC)c1OC. The third-order valence-electron chi connectivity index (χ3n) is 5.28. The highest BCUT2D eigenvalue weighted by atomic mass is 16.5. The number of carbonyl (C=O) groups is 1. The van der Waals surface area contributed by atoms with Crippen LogP contribution < -0.4 is 19.5 Å². The first kappa shape index (κ1) is 20.9. The summed E-state index contributed by atoms with van der Waals surface area (Å²) in [5, 5.41) is 11.8. The second-order valence-electron chi connectivity index (χ2n) is 7.12. The average molecular weight is 427 g/mol. The Labute approximate surface area is 185 Å². The van der Waals surface area contributed by atoms with Crippen LogP contribution in [0.15, 0.2) is 54.7 Å². The van der Waals surface area contributed by atoms with Gasteiger partial charge in [0.15, 0.2) is 11.5 Å². The van der Waals surface area contributed by atoms with E-state index in [2.05, 4.69) is 16.4 Å². The normalized spacial score (nSPS) is 13.3. The number of carbonyl (C=O) groups excluding carboxylic acids is 1. The molecule has 0 fully saturated rings. The lowest BCUT2D eigenvalue weighted by Gasteiger charge is -2.14. The van der Waals surface area contributed by atoms with Gasteiger partial charge in [0.25, 0.3) is 5.91 Å². The van der Waals surface area contributed by atoms with Crippen LogP contribution >= 0.6 is 0 Å². The van der Waals surface area contributed by atoms with Crippen LogP contribution in [0.1, 0.15) is 16.7 Å². The molecule has 4 rings (SSSR count). The van der Waals surface area contributed by atoms with E-state index in [1.54, 1.807) is 39.7 Å². The highest BCUT2D eigenvalue weighted by molar-refractivity contribution is 6.31. The van der Waals surface area contributed by atoms with Crippen molar-refractivity contribution >= 4 is 17.3 Å². The van der Waals surface area contributed by atoms with Gasteiger partial charge in [-0.1, -0.05) is 18.2 Å². The van der Waals surface area contributed by atoms with E-state index in [1.807, 2.05) is 36.4 Å². The molecule has 160 valence electrons. The number of nitrogens with one attached hydrogen (secondary N) is 1. The summed E-state index contributed by atoms with van der Waals surface area (Å²) < 4.78 is 16.3. The van der Waals surface area contributed by atoms with Gasteiger partial charge in [0.05, 0.1) is 33.0 Å². The Morgan fingerprint density at radius 2 is 1.69 bits per heavy atom. The molecule has 0 bridgehead atoms. The maximum Gasteiger partial charge on any atom is 0.257 e. The van der Waals surface area contributed by atoms with Crippen LogP contribution in [-0.2, 0) is 11.2 Å². The first-order valence-corrected chi connectivity index (χ1v) is 9.89. The topological polar surface area (TPSA) is 93.5 Å². The summed E-state index contributed by atoms with van der Waals surface area (Å²) in [6.07, 6.45) is 4.13. The van der Waals surface area contributed by atoms with Crippen molar-refractivity contribution in [2.24, 2.45) is 0 Å². The number of methoxy groups -OCH3 is 3. The molecule has 2 aromatic carbocycles. The highest BCUT2D eigenvalue weighted by Gasteiger charge is 2.26. The van der Waals surface area contributed by atoms with Gasteiger partial charge >= 0.3 is 0 Å². The Morgan fingerprint density at radius 3 is 2.28 bits per heavy atom. The van der Waals surface area contributed by atoms with Crippen LogP contribution in [-0.4, -0.2) is 32.2 Å². The van der Waals surface area contributed by atoms with Gasteiger partial charge in [-0.3, -0.25) is 4.79 Å². The zero-order valence-corrected chi connectivity index (χ0v) is 17.9. The van der Waals surface area contributed by atoms with Gasteiger partial charge in [-0.15, -0.1) is 0 Å². The van der Waals surface area contributed by atoms with Gasteiger partial charge in [-0.05, 0) is 47.9 Å².